The summed E-state index contributed by atoms with van der Waals surface area (Å²) in [5.41, 5.74) is 1.17. The number of benzene rings is 1. The minimum atomic E-state index is 0.612. The molecule has 0 aliphatic rings. The van der Waals surface area contributed by atoms with Gasteiger partial charge in [0.1, 0.15) is 12.4 Å². The lowest BCUT2D eigenvalue weighted by Crippen LogP contribution is -2.12. The molecular formula is C14H19NO. The molecule has 86 valence electrons. The molecule has 0 spiro atoms. The zero-order valence-electron chi connectivity index (χ0n) is 9.78. The molecule has 0 saturated carbocycles. The first kappa shape index (κ1) is 12.5. The molecular weight excluding hydrogens is 198 g/mol. The highest BCUT2D eigenvalue weighted by atomic mass is 16.5. The van der Waals surface area contributed by atoms with Crippen molar-refractivity contribution in [3.05, 3.63) is 54.6 Å². The second-order valence-electron chi connectivity index (χ2n) is 3.49. The van der Waals surface area contributed by atoms with Crippen molar-refractivity contribution in [2.24, 2.45) is 0 Å². The molecule has 1 aromatic rings. The quantitative estimate of drug-likeness (QED) is 0.560. The SMILES string of the molecule is C=CCNCC=CCOc1ccccc1C. The molecule has 0 atom stereocenters. The van der Waals surface area contributed by atoms with E-state index in [0.717, 1.165) is 18.8 Å². The van der Waals surface area contributed by atoms with Gasteiger partial charge in [0.2, 0.25) is 0 Å². The Bertz CT molecular complexity index is 344. The third-order valence-corrected chi connectivity index (χ3v) is 2.15. The van der Waals surface area contributed by atoms with Crippen molar-refractivity contribution in [1.29, 1.82) is 0 Å². The van der Waals surface area contributed by atoms with Gasteiger partial charge in [-0.15, -0.1) is 6.58 Å². The Labute approximate surface area is 97.6 Å². The van der Waals surface area contributed by atoms with Gasteiger partial charge in [0.05, 0.1) is 0 Å². The Hall–Kier alpha value is -1.54. The van der Waals surface area contributed by atoms with Crippen LogP contribution in [0.4, 0.5) is 0 Å². The second-order valence-corrected chi connectivity index (χ2v) is 3.49. The molecule has 0 heterocycles. The van der Waals surface area contributed by atoms with Crippen LogP contribution in [0.5, 0.6) is 5.75 Å². The summed E-state index contributed by atoms with van der Waals surface area (Å²) in [6.45, 7) is 7.98. The number of hydrogen-bond donors (Lipinski definition) is 1. The van der Waals surface area contributed by atoms with Crippen LogP contribution in [0, 0.1) is 6.92 Å². The van der Waals surface area contributed by atoms with Gasteiger partial charge in [-0.2, -0.15) is 0 Å². The molecule has 1 N–H and O–H groups in total. The van der Waals surface area contributed by atoms with E-state index in [-0.39, 0.29) is 0 Å². The lowest BCUT2D eigenvalue weighted by Gasteiger charge is -2.05. The number of para-hydroxylation sites is 1. The highest BCUT2D eigenvalue weighted by Crippen LogP contribution is 2.15. The van der Waals surface area contributed by atoms with Crippen LogP contribution < -0.4 is 10.1 Å². The minimum Gasteiger partial charge on any atom is -0.489 e. The molecule has 0 saturated heterocycles. The molecule has 0 aliphatic carbocycles. The first-order valence-corrected chi connectivity index (χ1v) is 5.49. The molecule has 0 radical (unpaired) electrons. The fraction of sp³-hybridized carbons (Fsp3) is 0.286. The highest BCUT2D eigenvalue weighted by molar-refractivity contribution is 5.31. The second kappa shape index (κ2) is 7.71. The maximum Gasteiger partial charge on any atom is 0.122 e. The summed E-state index contributed by atoms with van der Waals surface area (Å²) >= 11 is 0. The van der Waals surface area contributed by atoms with E-state index >= 15 is 0 Å². The molecule has 1 rings (SSSR count). The number of aryl methyl sites for hydroxylation is 1. The third-order valence-electron chi connectivity index (χ3n) is 2.15. The van der Waals surface area contributed by atoms with Crippen LogP contribution >= 0.6 is 0 Å². The average Bonchev–Trinajstić information content (AvgIpc) is 2.30. The molecule has 1 aromatic carbocycles. The summed E-state index contributed by atoms with van der Waals surface area (Å²) in [4.78, 5) is 0. The predicted molar refractivity (Wildman–Crippen MR) is 68.9 cm³/mol. The Balaban J connectivity index is 2.20. The van der Waals surface area contributed by atoms with Gasteiger partial charge in [-0.05, 0) is 18.6 Å². The topological polar surface area (TPSA) is 21.3 Å². The van der Waals surface area contributed by atoms with E-state index in [4.69, 9.17) is 4.74 Å². The fourth-order valence-corrected chi connectivity index (χ4v) is 1.28. The fourth-order valence-electron chi connectivity index (χ4n) is 1.28. The van der Waals surface area contributed by atoms with Crippen LogP contribution in [-0.4, -0.2) is 19.7 Å². The summed E-state index contributed by atoms with van der Waals surface area (Å²) < 4.78 is 5.61. The zero-order chi connectivity index (χ0) is 11.6. The van der Waals surface area contributed by atoms with Gasteiger partial charge in [-0.3, -0.25) is 0 Å². The monoisotopic (exact) mass is 217 g/mol. The first-order chi connectivity index (χ1) is 7.84. The number of hydrogen-bond acceptors (Lipinski definition) is 2. The van der Waals surface area contributed by atoms with Crippen LogP contribution in [0.15, 0.2) is 49.1 Å². The molecule has 0 aromatic heterocycles. The summed E-state index contributed by atoms with van der Waals surface area (Å²) in [5, 5.41) is 3.18. The summed E-state index contributed by atoms with van der Waals surface area (Å²) in [6, 6.07) is 8.03. The smallest absolute Gasteiger partial charge is 0.122 e. The van der Waals surface area contributed by atoms with Gasteiger partial charge in [0.15, 0.2) is 0 Å². The first-order valence-electron chi connectivity index (χ1n) is 5.49. The van der Waals surface area contributed by atoms with E-state index in [9.17, 15) is 0 Å². The standard InChI is InChI=1S/C14H19NO/c1-3-10-15-11-6-7-12-16-14-9-5-4-8-13(14)2/h3-9,15H,1,10-12H2,2H3. The maximum atomic E-state index is 5.61. The van der Waals surface area contributed by atoms with Crippen molar-refractivity contribution in [2.75, 3.05) is 19.7 Å². The molecule has 0 amide bonds. The summed E-state index contributed by atoms with van der Waals surface area (Å²) in [7, 11) is 0. The van der Waals surface area contributed by atoms with Crippen molar-refractivity contribution in [2.45, 2.75) is 6.92 Å². The molecule has 0 unspecified atom stereocenters. The van der Waals surface area contributed by atoms with Crippen LogP contribution in [0.2, 0.25) is 0 Å². The van der Waals surface area contributed by atoms with Crippen molar-refractivity contribution in [1.82, 2.24) is 5.32 Å². The van der Waals surface area contributed by atoms with Crippen molar-refractivity contribution >= 4 is 0 Å². The molecule has 0 fully saturated rings. The van der Waals surface area contributed by atoms with E-state index in [2.05, 4.69) is 18.0 Å². The maximum absolute atomic E-state index is 5.61. The molecule has 0 bridgehead atoms. The van der Waals surface area contributed by atoms with E-state index < -0.39 is 0 Å². The van der Waals surface area contributed by atoms with Gasteiger partial charge < -0.3 is 10.1 Å². The molecule has 16 heavy (non-hydrogen) atoms. The van der Waals surface area contributed by atoms with Gasteiger partial charge in [0, 0.05) is 13.1 Å². The van der Waals surface area contributed by atoms with Crippen LogP contribution in [0.25, 0.3) is 0 Å². The third kappa shape index (κ3) is 4.80. The van der Waals surface area contributed by atoms with Gasteiger partial charge in [0.25, 0.3) is 0 Å². The summed E-state index contributed by atoms with van der Waals surface area (Å²) in [6.07, 6.45) is 5.92. The van der Waals surface area contributed by atoms with E-state index in [1.807, 2.05) is 43.3 Å². The van der Waals surface area contributed by atoms with Gasteiger partial charge in [-0.25, -0.2) is 0 Å². The van der Waals surface area contributed by atoms with Crippen LogP contribution in [0.1, 0.15) is 5.56 Å². The van der Waals surface area contributed by atoms with E-state index in [1.54, 1.807) is 0 Å². The lowest BCUT2D eigenvalue weighted by atomic mass is 10.2. The van der Waals surface area contributed by atoms with Crippen LogP contribution in [0.3, 0.4) is 0 Å². The summed E-state index contributed by atoms with van der Waals surface area (Å²) in [5.74, 6) is 0.950. The Morgan fingerprint density at radius 2 is 2.06 bits per heavy atom. The van der Waals surface area contributed by atoms with Crippen molar-refractivity contribution in [3.8, 4) is 5.75 Å². The van der Waals surface area contributed by atoms with Crippen molar-refractivity contribution < 1.29 is 4.74 Å². The Kier molecular flexibility index (Phi) is 6.04. The number of ether oxygens (including phenoxy) is 1. The highest BCUT2D eigenvalue weighted by Gasteiger charge is 1.94. The normalized spacial score (nSPS) is 10.6. The Morgan fingerprint density at radius 3 is 2.81 bits per heavy atom. The average molecular weight is 217 g/mol. The predicted octanol–water partition coefficient (Wildman–Crippen LogP) is 2.71. The number of nitrogens with one attached hydrogen (secondary N) is 1. The molecule has 2 heteroatoms. The van der Waals surface area contributed by atoms with E-state index in [0.29, 0.717) is 6.61 Å². The minimum absolute atomic E-state index is 0.612. The zero-order valence-corrected chi connectivity index (χ0v) is 9.78. The lowest BCUT2D eigenvalue weighted by molar-refractivity contribution is 0.360. The number of rotatable bonds is 7. The van der Waals surface area contributed by atoms with Crippen LogP contribution in [-0.2, 0) is 0 Å². The van der Waals surface area contributed by atoms with Crippen molar-refractivity contribution in [3.63, 3.8) is 0 Å². The van der Waals surface area contributed by atoms with E-state index in [1.165, 1.54) is 5.56 Å². The van der Waals surface area contributed by atoms with Gasteiger partial charge >= 0.3 is 0 Å². The molecule has 0 aliphatic heterocycles. The largest absolute Gasteiger partial charge is 0.489 e. The Morgan fingerprint density at radius 1 is 1.25 bits per heavy atom. The van der Waals surface area contributed by atoms with Gasteiger partial charge in [-0.1, -0.05) is 36.4 Å². The molecule has 2 nitrogen and oxygen atoms in total.